The van der Waals surface area contributed by atoms with E-state index in [1.807, 2.05) is 0 Å². The van der Waals surface area contributed by atoms with Gasteiger partial charge in [-0.05, 0) is 29.9 Å². The maximum Gasteiger partial charge on any atom is 0.172 e. The number of anilines is 1. The molecule has 4 nitrogen and oxygen atoms in total. The van der Waals surface area contributed by atoms with E-state index < -0.39 is 35.4 Å². The molecule has 1 heterocycles. The van der Waals surface area contributed by atoms with E-state index in [0.29, 0.717) is 6.54 Å². The Morgan fingerprint density at radius 2 is 1.61 bits per heavy atom. The van der Waals surface area contributed by atoms with Crippen molar-refractivity contribution in [2.45, 2.75) is 13.1 Å². The number of hydrogen-bond acceptors (Lipinski definition) is 2. The molecule has 2 aromatic carbocycles. The molecular weight excluding hydrogens is 399 g/mol. The van der Waals surface area contributed by atoms with Gasteiger partial charge in [-0.25, -0.2) is 22.0 Å². The van der Waals surface area contributed by atoms with E-state index in [0.717, 1.165) is 10.2 Å². The Labute approximate surface area is 162 Å². The Hall–Kier alpha value is -3.01. The zero-order chi connectivity index (χ0) is 20.3. The van der Waals surface area contributed by atoms with Crippen LogP contribution in [-0.4, -0.2) is 14.9 Å². The summed E-state index contributed by atoms with van der Waals surface area (Å²) in [5, 5.41) is 9.86. The van der Waals surface area contributed by atoms with Crippen molar-refractivity contribution in [1.29, 1.82) is 0 Å². The molecule has 0 spiro atoms. The van der Waals surface area contributed by atoms with Gasteiger partial charge < -0.3 is 10.6 Å². The summed E-state index contributed by atoms with van der Waals surface area (Å²) in [6, 6.07) is 7.46. The smallest absolute Gasteiger partial charge is 0.172 e. The lowest BCUT2D eigenvalue weighted by atomic mass is 10.2. The van der Waals surface area contributed by atoms with Crippen molar-refractivity contribution in [3.8, 4) is 0 Å². The normalized spacial score (nSPS) is 10.8. The summed E-state index contributed by atoms with van der Waals surface area (Å²) in [5.74, 6) is -5.99. The maximum atomic E-state index is 13.7. The summed E-state index contributed by atoms with van der Waals surface area (Å²) >= 11 is 5.11. The Morgan fingerprint density at radius 3 is 2.25 bits per heavy atom. The molecule has 0 fully saturated rings. The van der Waals surface area contributed by atoms with Gasteiger partial charge in [0, 0.05) is 24.9 Å². The second-order valence-electron chi connectivity index (χ2n) is 5.78. The fourth-order valence-electron chi connectivity index (χ4n) is 2.38. The van der Waals surface area contributed by atoms with Crippen LogP contribution in [0.5, 0.6) is 0 Å². The Bertz CT molecular complexity index is 978. The van der Waals surface area contributed by atoms with Crippen LogP contribution in [0.1, 0.15) is 11.1 Å². The van der Waals surface area contributed by atoms with Crippen molar-refractivity contribution in [3.05, 3.63) is 82.8 Å². The Balaban J connectivity index is 1.61. The molecule has 0 aliphatic rings. The van der Waals surface area contributed by atoms with E-state index in [9.17, 15) is 22.0 Å². The van der Waals surface area contributed by atoms with Crippen molar-refractivity contribution < 1.29 is 22.0 Å². The molecule has 3 aromatic rings. The molecule has 2 N–H and O–H groups in total. The lowest BCUT2D eigenvalue weighted by molar-refractivity contribution is 0.431. The molecule has 0 saturated heterocycles. The molecule has 10 heteroatoms. The highest BCUT2D eigenvalue weighted by atomic mass is 32.1. The van der Waals surface area contributed by atoms with Crippen LogP contribution in [0.25, 0.3) is 0 Å². The number of rotatable bonds is 5. The molecule has 146 valence electrons. The van der Waals surface area contributed by atoms with Crippen LogP contribution in [0.2, 0.25) is 0 Å². The second-order valence-corrected chi connectivity index (χ2v) is 6.19. The van der Waals surface area contributed by atoms with Crippen LogP contribution >= 0.6 is 12.2 Å². The summed E-state index contributed by atoms with van der Waals surface area (Å²) < 4.78 is 68.0. The molecule has 0 aliphatic heterocycles. The lowest BCUT2D eigenvalue weighted by Crippen LogP contribution is -2.28. The minimum atomic E-state index is -1.48. The summed E-state index contributed by atoms with van der Waals surface area (Å²) in [7, 11) is 0. The van der Waals surface area contributed by atoms with Crippen molar-refractivity contribution in [3.63, 3.8) is 0 Å². The fourth-order valence-corrected chi connectivity index (χ4v) is 2.56. The highest BCUT2D eigenvalue weighted by molar-refractivity contribution is 7.80. The number of nitrogens with zero attached hydrogens (tertiary/aromatic N) is 2. The van der Waals surface area contributed by atoms with Crippen LogP contribution in [-0.2, 0) is 13.1 Å². The van der Waals surface area contributed by atoms with E-state index >= 15 is 0 Å². The van der Waals surface area contributed by atoms with Gasteiger partial charge in [0.05, 0.1) is 12.1 Å². The average Bonchev–Trinajstić information content (AvgIpc) is 3.10. The fraction of sp³-hybridized carbons (Fsp3) is 0.111. The first-order valence-corrected chi connectivity index (χ1v) is 8.39. The first-order valence-electron chi connectivity index (χ1n) is 7.98. The Kier molecular flexibility index (Phi) is 5.88. The molecule has 0 saturated carbocycles. The van der Waals surface area contributed by atoms with Crippen molar-refractivity contribution in [2.24, 2.45) is 0 Å². The molecule has 0 aliphatic carbocycles. The van der Waals surface area contributed by atoms with E-state index in [-0.39, 0.29) is 22.8 Å². The van der Waals surface area contributed by atoms with Crippen LogP contribution < -0.4 is 10.6 Å². The standard InChI is InChI=1S/C18H13F5N4S/c19-11-3-1-10(2-4-11)8-24-18(28)25-15-5-6-27(26-15)9-12-16(22)13(20)7-14(21)17(12)23/h1-7H,8-9H2,(H2,24,25,26,28). The van der Waals surface area contributed by atoms with Crippen LogP contribution in [0, 0.1) is 29.1 Å². The third kappa shape index (κ3) is 4.63. The molecule has 0 amide bonds. The van der Waals surface area contributed by atoms with Crippen LogP contribution in [0.15, 0.2) is 42.6 Å². The predicted molar refractivity (Wildman–Crippen MR) is 97.1 cm³/mol. The van der Waals surface area contributed by atoms with E-state index in [4.69, 9.17) is 12.2 Å². The van der Waals surface area contributed by atoms with Gasteiger partial charge in [-0.1, -0.05) is 12.1 Å². The number of halogens is 5. The van der Waals surface area contributed by atoms with Gasteiger partial charge in [-0.3, -0.25) is 4.68 Å². The first kappa shape index (κ1) is 19.7. The summed E-state index contributed by atoms with van der Waals surface area (Å²) in [6.07, 6.45) is 1.37. The van der Waals surface area contributed by atoms with Gasteiger partial charge in [0.25, 0.3) is 0 Å². The minimum absolute atomic E-state index is 0.148. The van der Waals surface area contributed by atoms with Gasteiger partial charge >= 0.3 is 0 Å². The number of thiocarbonyl (C=S) groups is 1. The summed E-state index contributed by atoms with van der Waals surface area (Å²) in [4.78, 5) is 0. The van der Waals surface area contributed by atoms with Gasteiger partial charge in [0.1, 0.15) is 5.82 Å². The van der Waals surface area contributed by atoms with Crippen molar-refractivity contribution in [1.82, 2.24) is 15.1 Å². The molecular formula is C18H13F5N4S. The third-order valence-electron chi connectivity index (χ3n) is 3.77. The maximum absolute atomic E-state index is 13.7. The average molecular weight is 412 g/mol. The molecule has 1 aromatic heterocycles. The summed E-state index contributed by atoms with van der Waals surface area (Å²) in [5.41, 5.74) is 0.0271. The van der Waals surface area contributed by atoms with Gasteiger partial charge in [-0.2, -0.15) is 5.10 Å². The zero-order valence-electron chi connectivity index (χ0n) is 14.1. The van der Waals surface area contributed by atoms with E-state index in [1.54, 1.807) is 12.1 Å². The third-order valence-corrected chi connectivity index (χ3v) is 4.02. The van der Waals surface area contributed by atoms with Gasteiger partial charge in [0.2, 0.25) is 0 Å². The molecule has 0 bridgehead atoms. The van der Waals surface area contributed by atoms with Gasteiger partial charge in [-0.15, -0.1) is 0 Å². The lowest BCUT2D eigenvalue weighted by Gasteiger charge is -2.09. The quantitative estimate of drug-likeness (QED) is 0.376. The van der Waals surface area contributed by atoms with E-state index in [2.05, 4.69) is 15.7 Å². The summed E-state index contributed by atoms with van der Waals surface area (Å²) in [6.45, 7) is -0.171. The molecule has 0 atom stereocenters. The van der Waals surface area contributed by atoms with Crippen LogP contribution in [0.4, 0.5) is 27.8 Å². The van der Waals surface area contributed by atoms with Crippen molar-refractivity contribution >= 4 is 23.1 Å². The number of nitrogens with one attached hydrogen (secondary N) is 2. The predicted octanol–water partition coefficient (Wildman–Crippen LogP) is 4.11. The minimum Gasteiger partial charge on any atom is -0.358 e. The molecule has 3 rings (SSSR count). The SMILES string of the molecule is Fc1ccc(CNC(=S)Nc2ccn(Cc3c(F)c(F)cc(F)c3F)n2)cc1. The highest BCUT2D eigenvalue weighted by Gasteiger charge is 2.19. The molecule has 0 radical (unpaired) electrons. The topological polar surface area (TPSA) is 41.9 Å². The zero-order valence-corrected chi connectivity index (χ0v) is 15.0. The van der Waals surface area contributed by atoms with Crippen molar-refractivity contribution in [2.75, 3.05) is 5.32 Å². The number of hydrogen-bond donors (Lipinski definition) is 2. The Morgan fingerprint density at radius 1 is 0.964 bits per heavy atom. The van der Waals surface area contributed by atoms with Gasteiger partial charge in [0.15, 0.2) is 34.2 Å². The molecule has 28 heavy (non-hydrogen) atoms. The largest absolute Gasteiger partial charge is 0.358 e. The monoisotopic (exact) mass is 412 g/mol. The van der Waals surface area contributed by atoms with Crippen LogP contribution in [0.3, 0.4) is 0 Å². The number of benzene rings is 2. The highest BCUT2D eigenvalue weighted by Crippen LogP contribution is 2.20. The molecule has 0 unspecified atom stereocenters. The number of aromatic nitrogens is 2. The first-order chi connectivity index (χ1) is 13.3. The van der Waals surface area contributed by atoms with E-state index in [1.165, 1.54) is 24.4 Å². The second kappa shape index (κ2) is 8.34.